The molecule has 0 saturated carbocycles. The molecule has 2 aliphatic heterocycles. The van der Waals surface area contributed by atoms with Crippen LogP contribution in [0.5, 0.6) is 0 Å². The Labute approximate surface area is 71.7 Å². The molecule has 3 nitrogen and oxygen atoms in total. The molecule has 2 atom stereocenters. The first-order valence-corrected chi connectivity index (χ1v) is 4.49. The Hall–Kier alpha value is -0.190. The van der Waals surface area contributed by atoms with E-state index in [0.29, 0.717) is 12.6 Å². The lowest BCUT2D eigenvalue weighted by molar-refractivity contribution is -0.0802. The van der Waals surface area contributed by atoms with Gasteiger partial charge in [0.15, 0.2) is 0 Å². The van der Waals surface area contributed by atoms with Crippen molar-refractivity contribution in [3.8, 4) is 0 Å². The van der Waals surface area contributed by atoms with Crippen molar-refractivity contribution in [2.75, 3.05) is 26.3 Å². The summed E-state index contributed by atoms with van der Waals surface area (Å²) in [5.74, 6) is 0. The first-order chi connectivity index (χ1) is 5.77. The minimum atomic E-state index is -0.848. The van der Waals surface area contributed by atoms with Crippen LogP contribution in [0.2, 0.25) is 0 Å². The molecule has 2 aliphatic rings. The zero-order chi connectivity index (χ0) is 8.55. The number of nitrogens with zero attached hydrogens (tertiary/aromatic N) is 1. The van der Waals surface area contributed by atoms with E-state index in [-0.39, 0.29) is 6.04 Å². The molecule has 2 saturated heterocycles. The van der Waals surface area contributed by atoms with Crippen LogP contribution in [0.3, 0.4) is 0 Å². The van der Waals surface area contributed by atoms with Gasteiger partial charge in [-0.05, 0) is 6.42 Å². The molecular weight excluding hydrogens is 159 g/mol. The number of hydrogen-bond donors (Lipinski definition) is 1. The van der Waals surface area contributed by atoms with Crippen molar-refractivity contribution in [1.29, 1.82) is 0 Å². The highest BCUT2D eigenvalue weighted by molar-refractivity contribution is 4.88. The van der Waals surface area contributed by atoms with Crippen LogP contribution in [0.15, 0.2) is 0 Å². The summed E-state index contributed by atoms with van der Waals surface area (Å²) < 4.78 is 18.2. The van der Waals surface area contributed by atoms with Gasteiger partial charge in [-0.15, -0.1) is 0 Å². The average Bonchev–Trinajstić information content (AvgIpc) is 1.93. The van der Waals surface area contributed by atoms with Gasteiger partial charge in [0, 0.05) is 19.1 Å². The van der Waals surface area contributed by atoms with Crippen molar-refractivity contribution >= 4 is 0 Å². The summed E-state index contributed by atoms with van der Waals surface area (Å²) in [7, 11) is 0. The monoisotopic (exact) mass is 174 g/mol. The van der Waals surface area contributed by atoms with Crippen molar-refractivity contribution in [2.24, 2.45) is 5.73 Å². The Balaban J connectivity index is 1.84. The number of hydrogen-bond acceptors (Lipinski definition) is 3. The van der Waals surface area contributed by atoms with Crippen molar-refractivity contribution in [1.82, 2.24) is 4.90 Å². The lowest BCUT2D eigenvalue weighted by Crippen LogP contribution is -2.57. The number of alkyl halides is 1. The molecular formula is C8H15FN2O. The second-order valence-electron chi connectivity index (χ2n) is 3.65. The third-order valence-electron chi connectivity index (χ3n) is 2.76. The molecule has 0 aliphatic carbocycles. The predicted octanol–water partition coefficient (Wildman–Crippen LogP) is -0.244. The number of ether oxygens (including phenoxy) is 1. The van der Waals surface area contributed by atoms with E-state index in [1.807, 2.05) is 0 Å². The standard InChI is InChI=1S/C8H15FN2O/c9-7-3-11(2-1-8(7)10)6-4-12-5-6/h6-8H,1-5,10H2/t7-,8+/m1/s1. The fourth-order valence-electron chi connectivity index (χ4n) is 1.71. The molecule has 12 heavy (non-hydrogen) atoms. The Kier molecular flexibility index (Phi) is 2.30. The Morgan fingerprint density at radius 1 is 1.42 bits per heavy atom. The van der Waals surface area contributed by atoms with Crippen LogP contribution in [-0.2, 0) is 4.74 Å². The minimum absolute atomic E-state index is 0.248. The molecule has 70 valence electrons. The zero-order valence-corrected chi connectivity index (χ0v) is 7.08. The van der Waals surface area contributed by atoms with Gasteiger partial charge in [0.2, 0.25) is 0 Å². The van der Waals surface area contributed by atoms with Crippen LogP contribution in [0.25, 0.3) is 0 Å². The largest absolute Gasteiger partial charge is 0.378 e. The molecule has 4 heteroatoms. The van der Waals surface area contributed by atoms with Gasteiger partial charge in [-0.25, -0.2) is 4.39 Å². The highest BCUT2D eigenvalue weighted by atomic mass is 19.1. The number of nitrogens with two attached hydrogens (primary N) is 1. The molecule has 0 bridgehead atoms. The summed E-state index contributed by atoms with van der Waals surface area (Å²) in [6.45, 7) is 2.95. The molecule has 0 amide bonds. The number of likely N-dealkylation sites (tertiary alicyclic amines) is 1. The van der Waals surface area contributed by atoms with Crippen molar-refractivity contribution in [3.63, 3.8) is 0 Å². The van der Waals surface area contributed by atoms with Gasteiger partial charge in [0.05, 0.1) is 19.3 Å². The molecule has 0 aromatic rings. The van der Waals surface area contributed by atoms with Crippen LogP contribution >= 0.6 is 0 Å². The van der Waals surface area contributed by atoms with Gasteiger partial charge >= 0.3 is 0 Å². The van der Waals surface area contributed by atoms with Crippen molar-refractivity contribution < 1.29 is 9.13 Å². The van der Waals surface area contributed by atoms with E-state index in [1.165, 1.54) is 0 Å². The molecule has 2 rings (SSSR count). The SMILES string of the molecule is N[C@H]1CCN(C2COC2)C[C@H]1F. The maximum absolute atomic E-state index is 13.1. The molecule has 0 aromatic heterocycles. The molecule has 0 aromatic carbocycles. The van der Waals surface area contributed by atoms with Gasteiger partial charge in [0.1, 0.15) is 6.17 Å². The summed E-state index contributed by atoms with van der Waals surface area (Å²) in [4.78, 5) is 2.15. The van der Waals surface area contributed by atoms with Crippen LogP contribution in [0.1, 0.15) is 6.42 Å². The molecule has 2 heterocycles. The summed E-state index contributed by atoms with van der Waals surface area (Å²) in [5.41, 5.74) is 5.57. The van der Waals surface area contributed by atoms with E-state index in [9.17, 15) is 4.39 Å². The summed E-state index contributed by atoms with van der Waals surface area (Å²) in [5, 5.41) is 0. The fourth-order valence-corrected chi connectivity index (χ4v) is 1.71. The van der Waals surface area contributed by atoms with E-state index < -0.39 is 6.17 Å². The minimum Gasteiger partial charge on any atom is -0.378 e. The van der Waals surface area contributed by atoms with Gasteiger partial charge in [-0.1, -0.05) is 0 Å². The highest BCUT2D eigenvalue weighted by Crippen LogP contribution is 2.18. The lowest BCUT2D eigenvalue weighted by Gasteiger charge is -2.41. The van der Waals surface area contributed by atoms with Gasteiger partial charge in [0.25, 0.3) is 0 Å². The second kappa shape index (κ2) is 3.28. The highest BCUT2D eigenvalue weighted by Gasteiger charge is 2.33. The van der Waals surface area contributed by atoms with Gasteiger partial charge < -0.3 is 10.5 Å². The Morgan fingerprint density at radius 3 is 2.67 bits per heavy atom. The molecule has 2 fully saturated rings. The van der Waals surface area contributed by atoms with Crippen LogP contribution in [-0.4, -0.2) is 49.5 Å². The smallest absolute Gasteiger partial charge is 0.128 e. The maximum Gasteiger partial charge on any atom is 0.128 e. The Bertz CT molecular complexity index is 163. The van der Waals surface area contributed by atoms with E-state index in [4.69, 9.17) is 10.5 Å². The van der Waals surface area contributed by atoms with E-state index in [2.05, 4.69) is 4.90 Å². The van der Waals surface area contributed by atoms with E-state index >= 15 is 0 Å². The molecule has 0 radical (unpaired) electrons. The molecule has 0 spiro atoms. The third-order valence-corrected chi connectivity index (χ3v) is 2.76. The number of rotatable bonds is 1. The quantitative estimate of drug-likeness (QED) is 0.596. The number of halogens is 1. The van der Waals surface area contributed by atoms with Crippen LogP contribution in [0, 0.1) is 0 Å². The second-order valence-corrected chi connectivity index (χ2v) is 3.65. The summed E-state index contributed by atoms with van der Waals surface area (Å²) in [6, 6.07) is 0.206. The van der Waals surface area contributed by atoms with Crippen molar-refractivity contribution in [3.05, 3.63) is 0 Å². The normalized spacial score (nSPS) is 39.5. The summed E-state index contributed by atoms with van der Waals surface area (Å²) >= 11 is 0. The van der Waals surface area contributed by atoms with Gasteiger partial charge in [-0.2, -0.15) is 0 Å². The van der Waals surface area contributed by atoms with Crippen molar-refractivity contribution in [2.45, 2.75) is 24.7 Å². The van der Waals surface area contributed by atoms with Crippen LogP contribution in [0.4, 0.5) is 4.39 Å². The first-order valence-electron chi connectivity index (χ1n) is 4.49. The van der Waals surface area contributed by atoms with Crippen LogP contribution < -0.4 is 5.73 Å². The average molecular weight is 174 g/mol. The van der Waals surface area contributed by atoms with E-state index in [0.717, 1.165) is 26.2 Å². The molecule has 2 N–H and O–H groups in total. The topological polar surface area (TPSA) is 38.5 Å². The van der Waals surface area contributed by atoms with Gasteiger partial charge in [-0.3, -0.25) is 4.90 Å². The third kappa shape index (κ3) is 1.46. The maximum atomic E-state index is 13.1. The fraction of sp³-hybridized carbons (Fsp3) is 1.00. The molecule has 0 unspecified atom stereocenters. The van der Waals surface area contributed by atoms with E-state index in [1.54, 1.807) is 0 Å². The zero-order valence-electron chi connectivity index (χ0n) is 7.08. The Morgan fingerprint density at radius 2 is 2.17 bits per heavy atom. The first kappa shape index (κ1) is 8.41. The predicted molar refractivity (Wildman–Crippen MR) is 43.7 cm³/mol. The lowest BCUT2D eigenvalue weighted by atomic mass is 10.0. The summed E-state index contributed by atoms with van der Waals surface area (Å²) in [6.07, 6.45) is -0.0724. The number of piperidine rings is 1.